The lowest BCUT2D eigenvalue weighted by Gasteiger charge is -2.24. The van der Waals surface area contributed by atoms with Gasteiger partial charge in [-0.3, -0.25) is 0 Å². The van der Waals surface area contributed by atoms with E-state index in [1.807, 2.05) is 6.08 Å². The van der Waals surface area contributed by atoms with Crippen LogP contribution < -0.4 is 5.32 Å². The van der Waals surface area contributed by atoms with Crippen LogP contribution in [0.1, 0.15) is 20.3 Å². The maximum absolute atomic E-state index is 11.2. The molecule has 13 heavy (non-hydrogen) atoms. The molecule has 1 unspecified atom stereocenters. The Kier molecular flexibility index (Phi) is 3.48. The highest BCUT2D eigenvalue weighted by molar-refractivity contribution is 5.88. The van der Waals surface area contributed by atoms with E-state index in [1.54, 1.807) is 0 Å². The average molecular weight is 183 g/mol. The van der Waals surface area contributed by atoms with Gasteiger partial charge in [0, 0.05) is 11.6 Å². The van der Waals surface area contributed by atoms with Crippen molar-refractivity contribution in [3.8, 4) is 0 Å². The van der Waals surface area contributed by atoms with E-state index in [0.29, 0.717) is 12.0 Å². The monoisotopic (exact) mass is 183 g/mol. The number of hydrogen-bond donors (Lipinski definition) is 1. The Labute approximate surface area is 79.2 Å². The SMILES string of the molecule is COC(=O)C1=CC(C(C)C)NCC1. The number of carbonyl (C=O) groups is 1. The van der Waals surface area contributed by atoms with Crippen LogP contribution in [0.25, 0.3) is 0 Å². The molecule has 1 heterocycles. The number of carbonyl (C=O) groups excluding carboxylic acids is 1. The maximum atomic E-state index is 11.2. The Morgan fingerprint density at radius 1 is 1.69 bits per heavy atom. The first-order chi connectivity index (χ1) is 6.15. The molecule has 1 atom stereocenters. The quantitative estimate of drug-likeness (QED) is 0.652. The van der Waals surface area contributed by atoms with Crippen LogP contribution >= 0.6 is 0 Å². The van der Waals surface area contributed by atoms with E-state index in [2.05, 4.69) is 23.9 Å². The van der Waals surface area contributed by atoms with Crippen molar-refractivity contribution in [1.82, 2.24) is 5.32 Å². The van der Waals surface area contributed by atoms with Crippen molar-refractivity contribution in [2.24, 2.45) is 5.92 Å². The summed E-state index contributed by atoms with van der Waals surface area (Å²) in [5, 5.41) is 3.34. The van der Waals surface area contributed by atoms with Gasteiger partial charge in [-0.15, -0.1) is 0 Å². The summed E-state index contributed by atoms with van der Waals surface area (Å²) in [6.45, 7) is 5.13. The lowest BCUT2D eigenvalue weighted by atomic mass is 9.96. The summed E-state index contributed by atoms with van der Waals surface area (Å²) in [6, 6.07) is 0.308. The predicted octanol–water partition coefficient (Wildman–Crippen LogP) is 1.10. The third-order valence-corrected chi connectivity index (χ3v) is 2.32. The Balaban J connectivity index is 2.69. The van der Waals surface area contributed by atoms with Gasteiger partial charge < -0.3 is 10.1 Å². The zero-order chi connectivity index (χ0) is 9.84. The molecule has 0 aliphatic carbocycles. The molecule has 0 saturated heterocycles. The molecule has 0 amide bonds. The fourth-order valence-electron chi connectivity index (χ4n) is 1.46. The molecule has 0 aromatic heterocycles. The van der Waals surface area contributed by atoms with Gasteiger partial charge in [-0.05, 0) is 18.9 Å². The largest absolute Gasteiger partial charge is 0.466 e. The van der Waals surface area contributed by atoms with Crippen LogP contribution in [-0.2, 0) is 9.53 Å². The predicted molar refractivity (Wildman–Crippen MR) is 51.3 cm³/mol. The minimum absolute atomic E-state index is 0.188. The van der Waals surface area contributed by atoms with Crippen molar-refractivity contribution in [3.63, 3.8) is 0 Å². The Morgan fingerprint density at radius 2 is 2.38 bits per heavy atom. The Morgan fingerprint density at radius 3 is 2.92 bits per heavy atom. The zero-order valence-corrected chi connectivity index (χ0v) is 8.46. The molecule has 0 saturated carbocycles. The summed E-state index contributed by atoms with van der Waals surface area (Å²) in [5.74, 6) is 0.326. The molecule has 74 valence electrons. The standard InChI is InChI=1S/C10H17NO2/c1-7(2)9-6-8(4-5-11-9)10(12)13-3/h6-7,9,11H,4-5H2,1-3H3. The summed E-state index contributed by atoms with van der Waals surface area (Å²) < 4.78 is 4.68. The second-order valence-electron chi connectivity index (χ2n) is 3.66. The van der Waals surface area contributed by atoms with Crippen molar-refractivity contribution in [2.45, 2.75) is 26.3 Å². The van der Waals surface area contributed by atoms with Crippen LogP contribution in [0.2, 0.25) is 0 Å². The summed E-state index contributed by atoms with van der Waals surface area (Å²) in [4.78, 5) is 11.2. The van der Waals surface area contributed by atoms with Crippen LogP contribution in [0.5, 0.6) is 0 Å². The highest BCUT2D eigenvalue weighted by Crippen LogP contribution is 2.14. The second kappa shape index (κ2) is 4.42. The molecule has 1 N–H and O–H groups in total. The fraction of sp³-hybridized carbons (Fsp3) is 0.700. The van der Waals surface area contributed by atoms with Gasteiger partial charge >= 0.3 is 5.97 Å². The van der Waals surface area contributed by atoms with Crippen molar-refractivity contribution >= 4 is 5.97 Å². The third-order valence-electron chi connectivity index (χ3n) is 2.32. The van der Waals surface area contributed by atoms with Gasteiger partial charge in [0.05, 0.1) is 7.11 Å². The molecule has 0 radical (unpaired) electrons. The Bertz CT molecular complexity index is 221. The summed E-state index contributed by atoms with van der Waals surface area (Å²) >= 11 is 0. The smallest absolute Gasteiger partial charge is 0.333 e. The molecule has 0 bridgehead atoms. The van der Waals surface area contributed by atoms with E-state index in [9.17, 15) is 4.79 Å². The highest BCUT2D eigenvalue weighted by Gasteiger charge is 2.19. The Hall–Kier alpha value is -0.830. The van der Waals surface area contributed by atoms with E-state index < -0.39 is 0 Å². The number of hydrogen-bond acceptors (Lipinski definition) is 3. The van der Waals surface area contributed by atoms with Gasteiger partial charge in [0.25, 0.3) is 0 Å². The molecular weight excluding hydrogens is 166 g/mol. The maximum Gasteiger partial charge on any atom is 0.333 e. The van der Waals surface area contributed by atoms with E-state index >= 15 is 0 Å². The molecule has 0 aromatic rings. The average Bonchev–Trinajstić information content (AvgIpc) is 2.17. The molecule has 1 aliphatic rings. The zero-order valence-electron chi connectivity index (χ0n) is 8.46. The van der Waals surface area contributed by atoms with Gasteiger partial charge in [0.15, 0.2) is 0 Å². The summed E-state index contributed by atoms with van der Waals surface area (Å²) in [5.41, 5.74) is 0.806. The molecule has 3 nitrogen and oxygen atoms in total. The minimum atomic E-state index is -0.188. The van der Waals surface area contributed by atoms with Crippen LogP contribution in [0.15, 0.2) is 11.6 Å². The minimum Gasteiger partial charge on any atom is -0.466 e. The van der Waals surface area contributed by atoms with E-state index in [1.165, 1.54) is 7.11 Å². The lowest BCUT2D eigenvalue weighted by Crippen LogP contribution is -2.37. The lowest BCUT2D eigenvalue weighted by molar-refractivity contribution is -0.136. The van der Waals surface area contributed by atoms with Crippen molar-refractivity contribution in [3.05, 3.63) is 11.6 Å². The molecule has 0 spiro atoms. The van der Waals surface area contributed by atoms with Gasteiger partial charge in [0.2, 0.25) is 0 Å². The summed E-state index contributed by atoms with van der Waals surface area (Å²) in [6.07, 6.45) is 2.76. The van der Waals surface area contributed by atoms with Gasteiger partial charge in [-0.25, -0.2) is 4.79 Å². The number of esters is 1. The first-order valence-electron chi connectivity index (χ1n) is 4.67. The molecule has 1 aliphatic heterocycles. The third kappa shape index (κ3) is 2.56. The van der Waals surface area contributed by atoms with Crippen LogP contribution in [0.4, 0.5) is 0 Å². The van der Waals surface area contributed by atoms with Crippen LogP contribution in [-0.4, -0.2) is 25.7 Å². The first-order valence-corrected chi connectivity index (χ1v) is 4.67. The fourth-order valence-corrected chi connectivity index (χ4v) is 1.46. The number of methoxy groups -OCH3 is 1. The van der Waals surface area contributed by atoms with Crippen molar-refractivity contribution in [1.29, 1.82) is 0 Å². The van der Waals surface area contributed by atoms with E-state index in [-0.39, 0.29) is 5.97 Å². The van der Waals surface area contributed by atoms with Gasteiger partial charge in [-0.2, -0.15) is 0 Å². The molecule has 1 rings (SSSR count). The highest BCUT2D eigenvalue weighted by atomic mass is 16.5. The van der Waals surface area contributed by atoms with Gasteiger partial charge in [0.1, 0.15) is 0 Å². The molecule has 0 fully saturated rings. The number of rotatable bonds is 2. The first kappa shape index (κ1) is 10.3. The molecule has 3 heteroatoms. The van der Waals surface area contributed by atoms with Crippen molar-refractivity contribution < 1.29 is 9.53 Å². The van der Waals surface area contributed by atoms with Gasteiger partial charge in [-0.1, -0.05) is 19.9 Å². The van der Waals surface area contributed by atoms with E-state index in [4.69, 9.17) is 0 Å². The topological polar surface area (TPSA) is 38.3 Å². The van der Waals surface area contributed by atoms with Crippen LogP contribution in [0.3, 0.4) is 0 Å². The number of ether oxygens (including phenoxy) is 1. The van der Waals surface area contributed by atoms with Crippen molar-refractivity contribution in [2.75, 3.05) is 13.7 Å². The summed E-state index contributed by atoms with van der Waals surface area (Å²) in [7, 11) is 1.43. The van der Waals surface area contributed by atoms with Crippen LogP contribution in [0, 0.1) is 5.92 Å². The normalized spacial score (nSPS) is 22.8. The van der Waals surface area contributed by atoms with E-state index in [0.717, 1.165) is 18.5 Å². The molecular formula is C10H17NO2. The second-order valence-corrected chi connectivity index (χ2v) is 3.66. The molecule has 0 aromatic carbocycles. The number of nitrogens with one attached hydrogen (secondary N) is 1.